The molecular weight excluding hydrogens is 473 g/mol. The second-order valence-electron chi connectivity index (χ2n) is 7.54. The van der Waals surface area contributed by atoms with Gasteiger partial charge in [-0.1, -0.05) is 17.4 Å². The van der Waals surface area contributed by atoms with Gasteiger partial charge >= 0.3 is 6.18 Å². The molecule has 1 amide bonds. The van der Waals surface area contributed by atoms with Gasteiger partial charge in [0.2, 0.25) is 0 Å². The highest BCUT2D eigenvalue weighted by molar-refractivity contribution is 7.22. The van der Waals surface area contributed by atoms with E-state index in [1.807, 2.05) is 36.7 Å². The van der Waals surface area contributed by atoms with Gasteiger partial charge in [-0.3, -0.25) is 9.69 Å². The standard InChI is InChI=1S/C23H21F3N4OS.ClH/c1-15-4-9-19-20(16(15)2)28-22(32-19)30(12-3-11-29-13-10-27-14-29)21(31)17-5-7-18(8-6-17)23(24,25)26;/h4-10,13-14H,3,11-12H2,1-2H3;1H. The molecule has 2 heterocycles. The summed E-state index contributed by atoms with van der Waals surface area (Å²) in [5, 5.41) is 0.532. The molecule has 2 aromatic carbocycles. The first-order valence-corrected chi connectivity index (χ1v) is 10.9. The number of imidazole rings is 1. The third-order valence-electron chi connectivity index (χ3n) is 5.37. The molecule has 0 aliphatic rings. The third-order valence-corrected chi connectivity index (χ3v) is 6.41. The molecule has 0 aliphatic carbocycles. The summed E-state index contributed by atoms with van der Waals surface area (Å²) in [6.45, 7) is 5.02. The fraction of sp³-hybridized carbons (Fsp3) is 0.261. The van der Waals surface area contributed by atoms with E-state index in [9.17, 15) is 18.0 Å². The lowest BCUT2D eigenvalue weighted by Gasteiger charge is -2.20. The molecule has 174 valence electrons. The Morgan fingerprint density at radius 1 is 1.12 bits per heavy atom. The lowest BCUT2D eigenvalue weighted by Crippen LogP contribution is -2.32. The van der Waals surface area contributed by atoms with Crippen molar-refractivity contribution < 1.29 is 18.0 Å². The van der Waals surface area contributed by atoms with Gasteiger partial charge in [-0.2, -0.15) is 13.2 Å². The Kier molecular flexibility index (Phi) is 7.44. The van der Waals surface area contributed by atoms with Crippen molar-refractivity contribution in [3.05, 3.63) is 77.4 Å². The van der Waals surface area contributed by atoms with Crippen LogP contribution in [-0.2, 0) is 12.7 Å². The summed E-state index contributed by atoms with van der Waals surface area (Å²) < 4.78 is 41.6. The van der Waals surface area contributed by atoms with Crippen LogP contribution in [-0.4, -0.2) is 27.0 Å². The predicted octanol–water partition coefficient (Wildman–Crippen LogP) is 6.29. The molecular formula is C23H22ClF3N4OS. The quantitative estimate of drug-likeness (QED) is 0.316. The second kappa shape index (κ2) is 9.93. The number of thiazole rings is 1. The summed E-state index contributed by atoms with van der Waals surface area (Å²) in [4.78, 5) is 23.6. The van der Waals surface area contributed by atoms with Crippen LogP contribution in [0.25, 0.3) is 10.2 Å². The number of fused-ring (bicyclic) bond motifs is 1. The summed E-state index contributed by atoms with van der Waals surface area (Å²) in [5.74, 6) is -0.377. The molecule has 33 heavy (non-hydrogen) atoms. The summed E-state index contributed by atoms with van der Waals surface area (Å²) in [7, 11) is 0. The number of aryl methyl sites for hydroxylation is 3. The molecule has 0 atom stereocenters. The maximum absolute atomic E-state index is 13.3. The number of halogens is 4. The van der Waals surface area contributed by atoms with Crippen molar-refractivity contribution in [2.75, 3.05) is 11.4 Å². The van der Waals surface area contributed by atoms with Crippen molar-refractivity contribution in [1.29, 1.82) is 0 Å². The zero-order valence-electron chi connectivity index (χ0n) is 18.0. The second-order valence-corrected chi connectivity index (χ2v) is 8.55. The van der Waals surface area contributed by atoms with Gasteiger partial charge in [0.1, 0.15) is 0 Å². The van der Waals surface area contributed by atoms with E-state index in [1.54, 1.807) is 17.4 Å². The first-order chi connectivity index (χ1) is 15.2. The van der Waals surface area contributed by atoms with Crippen LogP contribution in [0.2, 0.25) is 0 Å². The van der Waals surface area contributed by atoms with Crippen LogP contribution in [0, 0.1) is 13.8 Å². The zero-order valence-corrected chi connectivity index (χ0v) is 19.6. The number of benzene rings is 2. The number of amides is 1. The molecule has 0 aliphatic heterocycles. The number of alkyl halides is 3. The van der Waals surface area contributed by atoms with E-state index in [0.717, 1.165) is 33.5 Å². The van der Waals surface area contributed by atoms with Crippen LogP contribution < -0.4 is 4.90 Å². The Balaban J connectivity index is 0.00000306. The fourth-order valence-corrected chi connectivity index (χ4v) is 4.45. The van der Waals surface area contributed by atoms with Crippen LogP contribution >= 0.6 is 23.7 Å². The van der Waals surface area contributed by atoms with Crippen LogP contribution in [0.15, 0.2) is 55.1 Å². The average Bonchev–Trinajstić information content (AvgIpc) is 3.43. The SMILES string of the molecule is Cc1ccc2sc(N(CCCn3ccnc3)C(=O)c3ccc(C(F)(F)F)cc3)nc2c1C.Cl. The Bertz CT molecular complexity index is 1240. The van der Waals surface area contributed by atoms with Crippen molar-refractivity contribution >= 4 is 45.0 Å². The van der Waals surface area contributed by atoms with E-state index in [4.69, 9.17) is 4.98 Å². The number of carbonyl (C=O) groups excluding carboxylic acids is 1. The van der Waals surface area contributed by atoms with Gasteiger partial charge in [0.15, 0.2) is 5.13 Å². The van der Waals surface area contributed by atoms with E-state index in [1.165, 1.54) is 23.5 Å². The van der Waals surface area contributed by atoms with Crippen LogP contribution in [0.4, 0.5) is 18.3 Å². The minimum atomic E-state index is -4.45. The van der Waals surface area contributed by atoms with Crippen molar-refractivity contribution in [2.24, 2.45) is 0 Å². The molecule has 0 unspecified atom stereocenters. The molecule has 0 bridgehead atoms. The number of hydrogen-bond donors (Lipinski definition) is 0. The third kappa shape index (κ3) is 5.36. The van der Waals surface area contributed by atoms with Gasteiger partial charge in [-0.25, -0.2) is 9.97 Å². The Morgan fingerprint density at radius 3 is 2.48 bits per heavy atom. The molecule has 0 spiro atoms. The number of hydrogen-bond acceptors (Lipinski definition) is 4. The lowest BCUT2D eigenvalue weighted by atomic mass is 10.1. The zero-order chi connectivity index (χ0) is 22.9. The normalized spacial score (nSPS) is 11.4. The number of aromatic nitrogens is 3. The largest absolute Gasteiger partial charge is 0.416 e. The molecule has 4 aromatic rings. The van der Waals surface area contributed by atoms with Gasteiger partial charge in [0, 0.05) is 31.0 Å². The summed E-state index contributed by atoms with van der Waals surface area (Å²) in [6, 6.07) is 8.30. The monoisotopic (exact) mass is 494 g/mol. The maximum atomic E-state index is 13.3. The number of rotatable bonds is 6. The van der Waals surface area contributed by atoms with E-state index in [2.05, 4.69) is 4.98 Å². The first kappa shape index (κ1) is 24.7. The average molecular weight is 495 g/mol. The Morgan fingerprint density at radius 2 is 1.85 bits per heavy atom. The summed E-state index contributed by atoms with van der Waals surface area (Å²) in [5.41, 5.74) is 2.39. The number of anilines is 1. The summed E-state index contributed by atoms with van der Waals surface area (Å²) >= 11 is 1.40. The van der Waals surface area contributed by atoms with E-state index < -0.39 is 11.7 Å². The predicted molar refractivity (Wildman–Crippen MR) is 126 cm³/mol. The van der Waals surface area contributed by atoms with E-state index >= 15 is 0 Å². The van der Waals surface area contributed by atoms with E-state index in [0.29, 0.717) is 24.6 Å². The molecule has 0 fully saturated rings. The minimum Gasteiger partial charge on any atom is -0.337 e. The van der Waals surface area contributed by atoms with Crippen molar-refractivity contribution in [3.8, 4) is 0 Å². The molecule has 0 saturated heterocycles. The van der Waals surface area contributed by atoms with Crippen LogP contribution in [0.5, 0.6) is 0 Å². The van der Waals surface area contributed by atoms with Crippen molar-refractivity contribution in [3.63, 3.8) is 0 Å². The van der Waals surface area contributed by atoms with Gasteiger partial charge < -0.3 is 4.57 Å². The smallest absolute Gasteiger partial charge is 0.337 e. The first-order valence-electron chi connectivity index (χ1n) is 10.1. The molecule has 5 nitrogen and oxygen atoms in total. The van der Waals surface area contributed by atoms with Gasteiger partial charge in [0.05, 0.1) is 22.1 Å². The van der Waals surface area contributed by atoms with Crippen molar-refractivity contribution in [1.82, 2.24) is 14.5 Å². The molecule has 4 rings (SSSR count). The molecule has 10 heteroatoms. The van der Waals surface area contributed by atoms with E-state index in [-0.39, 0.29) is 23.9 Å². The Labute approximate surface area is 199 Å². The maximum Gasteiger partial charge on any atom is 0.416 e. The fourth-order valence-electron chi connectivity index (χ4n) is 3.40. The van der Waals surface area contributed by atoms with Crippen LogP contribution in [0.3, 0.4) is 0 Å². The molecule has 0 N–H and O–H groups in total. The van der Waals surface area contributed by atoms with Gasteiger partial charge in [-0.05, 0) is 61.7 Å². The highest BCUT2D eigenvalue weighted by atomic mass is 35.5. The number of nitrogens with zero attached hydrogens (tertiary/aromatic N) is 4. The minimum absolute atomic E-state index is 0. The lowest BCUT2D eigenvalue weighted by molar-refractivity contribution is -0.137. The molecule has 2 aromatic heterocycles. The van der Waals surface area contributed by atoms with Crippen LogP contribution in [0.1, 0.15) is 33.5 Å². The van der Waals surface area contributed by atoms with Gasteiger partial charge in [-0.15, -0.1) is 12.4 Å². The number of carbonyl (C=O) groups is 1. The van der Waals surface area contributed by atoms with Crippen molar-refractivity contribution in [2.45, 2.75) is 33.0 Å². The molecule has 0 radical (unpaired) electrons. The highest BCUT2D eigenvalue weighted by Gasteiger charge is 2.30. The highest BCUT2D eigenvalue weighted by Crippen LogP contribution is 2.33. The van der Waals surface area contributed by atoms with Gasteiger partial charge in [0.25, 0.3) is 5.91 Å². The molecule has 0 saturated carbocycles. The topological polar surface area (TPSA) is 51.0 Å². The Hall–Kier alpha value is -2.91. The summed E-state index contributed by atoms with van der Waals surface area (Å²) in [6.07, 6.45) is 1.41.